The van der Waals surface area contributed by atoms with Gasteiger partial charge >= 0.3 is 0 Å². The van der Waals surface area contributed by atoms with Gasteiger partial charge in [-0.2, -0.15) is 0 Å². The summed E-state index contributed by atoms with van der Waals surface area (Å²) in [6.45, 7) is 4.62. The molecule has 0 saturated carbocycles. The molecule has 2 unspecified atom stereocenters. The molecule has 1 aliphatic rings. The number of rotatable bonds is 3. The van der Waals surface area contributed by atoms with Gasteiger partial charge in [-0.3, -0.25) is 4.79 Å². The number of nitrogens with one attached hydrogen (secondary N) is 1. The van der Waals surface area contributed by atoms with Crippen LogP contribution >= 0.6 is 0 Å². The molecule has 0 aliphatic carbocycles. The van der Waals surface area contributed by atoms with Crippen LogP contribution in [0.5, 0.6) is 0 Å². The van der Waals surface area contributed by atoms with Gasteiger partial charge in [-0.05, 0) is 32.4 Å². The lowest BCUT2D eigenvalue weighted by molar-refractivity contribution is 0.0866. The van der Waals surface area contributed by atoms with Gasteiger partial charge in [-0.25, -0.2) is 0 Å². The third kappa shape index (κ3) is 4.07. The predicted molar refractivity (Wildman–Crippen MR) is 81.0 cm³/mol. The summed E-state index contributed by atoms with van der Waals surface area (Å²) in [5.41, 5.74) is 2.29. The Morgan fingerprint density at radius 1 is 1.52 bits per heavy atom. The van der Waals surface area contributed by atoms with Gasteiger partial charge < -0.3 is 15.2 Å². The molecule has 112 valence electrons. The smallest absolute Gasteiger partial charge is 0.252 e. The lowest BCUT2D eigenvalue weighted by Gasteiger charge is -2.16. The number of amides is 1. The fourth-order valence-electron chi connectivity index (χ4n) is 2.34. The maximum absolute atomic E-state index is 12.5. The predicted octanol–water partition coefficient (Wildman–Crippen LogP) is 1.64. The Morgan fingerprint density at radius 3 is 3.00 bits per heavy atom. The first-order valence-electron chi connectivity index (χ1n) is 7.24. The fourth-order valence-corrected chi connectivity index (χ4v) is 2.34. The molecule has 2 atom stereocenters. The third-order valence-corrected chi connectivity index (χ3v) is 3.57. The van der Waals surface area contributed by atoms with Gasteiger partial charge in [0.25, 0.3) is 5.91 Å². The van der Waals surface area contributed by atoms with E-state index in [2.05, 4.69) is 17.2 Å². The Morgan fingerprint density at radius 2 is 2.33 bits per heavy atom. The minimum absolute atomic E-state index is 0.0251. The first-order valence-corrected chi connectivity index (χ1v) is 7.24. The number of aryl methyl sites for hydroxylation is 1. The highest BCUT2D eigenvalue weighted by Gasteiger charge is 2.26. The highest BCUT2D eigenvalue weighted by molar-refractivity contribution is 5.97. The highest BCUT2D eigenvalue weighted by Crippen LogP contribution is 2.16. The van der Waals surface area contributed by atoms with Crippen molar-refractivity contribution in [3.8, 4) is 11.8 Å². The Bertz CT molecular complexity index is 571. The van der Waals surface area contributed by atoms with Crippen LogP contribution in [-0.4, -0.2) is 36.4 Å². The van der Waals surface area contributed by atoms with Crippen molar-refractivity contribution in [1.82, 2.24) is 5.32 Å². The van der Waals surface area contributed by atoms with E-state index in [0.29, 0.717) is 24.2 Å². The number of ether oxygens (including phenoxy) is 1. The molecular weight excluding hydrogens is 266 g/mol. The van der Waals surface area contributed by atoms with Crippen LogP contribution in [0.4, 0.5) is 0 Å². The number of aliphatic hydroxyl groups is 1. The summed E-state index contributed by atoms with van der Waals surface area (Å²) in [5, 5.41) is 11.8. The molecule has 2 N–H and O–H groups in total. The zero-order valence-electron chi connectivity index (χ0n) is 12.5. The van der Waals surface area contributed by atoms with Crippen LogP contribution in [-0.2, 0) is 4.74 Å². The fraction of sp³-hybridized carbons (Fsp3) is 0.471. The van der Waals surface area contributed by atoms with Crippen LogP contribution in [0, 0.1) is 18.8 Å². The summed E-state index contributed by atoms with van der Waals surface area (Å²) < 4.78 is 5.47. The van der Waals surface area contributed by atoms with E-state index >= 15 is 0 Å². The first kappa shape index (κ1) is 15.6. The van der Waals surface area contributed by atoms with Gasteiger partial charge in [0.1, 0.15) is 0 Å². The SMILES string of the molecule is Cc1ccc(C#CCCO)c(C(=O)NC2CCOC2C)c1. The zero-order valence-corrected chi connectivity index (χ0v) is 12.5. The minimum Gasteiger partial charge on any atom is -0.395 e. The van der Waals surface area contributed by atoms with E-state index in [1.807, 2.05) is 32.0 Å². The van der Waals surface area contributed by atoms with Crippen molar-refractivity contribution in [3.63, 3.8) is 0 Å². The average Bonchev–Trinajstić information content (AvgIpc) is 2.86. The lowest BCUT2D eigenvalue weighted by atomic mass is 10.0. The Labute approximate surface area is 125 Å². The number of hydrogen-bond donors (Lipinski definition) is 2. The Balaban J connectivity index is 2.19. The second-order valence-corrected chi connectivity index (χ2v) is 5.27. The molecule has 1 amide bonds. The van der Waals surface area contributed by atoms with Crippen molar-refractivity contribution in [1.29, 1.82) is 0 Å². The monoisotopic (exact) mass is 287 g/mol. The maximum atomic E-state index is 12.5. The average molecular weight is 287 g/mol. The molecule has 4 heteroatoms. The number of aliphatic hydroxyl groups excluding tert-OH is 1. The summed E-state index contributed by atoms with van der Waals surface area (Å²) in [6, 6.07) is 5.68. The molecule has 0 spiro atoms. The maximum Gasteiger partial charge on any atom is 0.252 e. The van der Waals surface area contributed by atoms with Crippen molar-refractivity contribution < 1.29 is 14.6 Å². The molecule has 0 aromatic heterocycles. The Kier molecular flexibility index (Phi) is 5.38. The summed E-state index contributed by atoms with van der Waals surface area (Å²) in [5.74, 6) is 5.70. The van der Waals surface area contributed by atoms with Crippen LogP contribution < -0.4 is 5.32 Å². The molecule has 1 saturated heterocycles. The van der Waals surface area contributed by atoms with E-state index in [0.717, 1.165) is 12.0 Å². The normalized spacial score (nSPS) is 20.7. The molecule has 1 aromatic rings. The minimum atomic E-state index is -0.116. The van der Waals surface area contributed by atoms with E-state index in [-0.39, 0.29) is 24.7 Å². The molecule has 4 nitrogen and oxygen atoms in total. The molecule has 1 fully saturated rings. The molecule has 21 heavy (non-hydrogen) atoms. The summed E-state index contributed by atoms with van der Waals surface area (Å²) in [4.78, 5) is 12.5. The summed E-state index contributed by atoms with van der Waals surface area (Å²) in [6.07, 6.45) is 1.29. The zero-order chi connectivity index (χ0) is 15.2. The summed E-state index contributed by atoms with van der Waals surface area (Å²) in [7, 11) is 0. The van der Waals surface area contributed by atoms with Gasteiger partial charge in [-0.15, -0.1) is 0 Å². The second kappa shape index (κ2) is 7.26. The number of carbonyl (C=O) groups excluding carboxylic acids is 1. The van der Waals surface area contributed by atoms with Gasteiger partial charge in [0.2, 0.25) is 0 Å². The van der Waals surface area contributed by atoms with E-state index in [4.69, 9.17) is 9.84 Å². The van der Waals surface area contributed by atoms with Crippen molar-refractivity contribution in [2.24, 2.45) is 0 Å². The Hall–Kier alpha value is -1.83. The van der Waals surface area contributed by atoms with Crippen molar-refractivity contribution in [2.45, 2.75) is 38.8 Å². The van der Waals surface area contributed by atoms with Crippen LogP contribution in [0.15, 0.2) is 18.2 Å². The van der Waals surface area contributed by atoms with Crippen LogP contribution in [0.2, 0.25) is 0 Å². The molecule has 0 radical (unpaired) electrons. The molecule has 0 bridgehead atoms. The second-order valence-electron chi connectivity index (χ2n) is 5.27. The van der Waals surface area contributed by atoms with Gasteiger partial charge in [0.15, 0.2) is 0 Å². The lowest BCUT2D eigenvalue weighted by Crippen LogP contribution is -2.39. The van der Waals surface area contributed by atoms with E-state index in [1.54, 1.807) is 0 Å². The standard InChI is InChI=1S/C17H21NO3/c1-12-6-7-14(5-3-4-9-19)15(11-12)17(20)18-16-8-10-21-13(16)2/h6-7,11,13,16,19H,4,8-10H2,1-2H3,(H,18,20). The van der Waals surface area contributed by atoms with E-state index in [9.17, 15) is 4.79 Å². The van der Waals surface area contributed by atoms with Gasteiger partial charge in [-0.1, -0.05) is 23.5 Å². The highest BCUT2D eigenvalue weighted by atomic mass is 16.5. The summed E-state index contributed by atoms with van der Waals surface area (Å²) >= 11 is 0. The van der Waals surface area contributed by atoms with Crippen LogP contribution in [0.1, 0.15) is 41.3 Å². The largest absolute Gasteiger partial charge is 0.395 e. The molecule has 2 rings (SSSR count). The third-order valence-electron chi connectivity index (χ3n) is 3.57. The van der Waals surface area contributed by atoms with Crippen LogP contribution in [0.3, 0.4) is 0 Å². The number of hydrogen-bond acceptors (Lipinski definition) is 3. The van der Waals surface area contributed by atoms with Crippen molar-refractivity contribution >= 4 is 5.91 Å². The number of benzene rings is 1. The van der Waals surface area contributed by atoms with E-state index < -0.39 is 0 Å². The van der Waals surface area contributed by atoms with Gasteiger partial charge in [0, 0.05) is 18.6 Å². The molecule has 1 aromatic carbocycles. The van der Waals surface area contributed by atoms with Gasteiger partial charge in [0.05, 0.1) is 24.3 Å². The van der Waals surface area contributed by atoms with Crippen molar-refractivity contribution in [3.05, 3.63) is 34.9 Å². The molecular formula is C17H21NO3. The van der Waals surface area contributed by atoms with Crippen LogP contribution in [0.25, 0.3) is 0 Å². The van der Waals surface area contributed by atoms with E-state index in [1.165, 1.54) is 0 Å². The van der Waals surface area contributed by atoms with Crippen molar-refractivity contribution in [2.75, 3.05) is 13.2 Å². The topological polar surface area (TPSA) is 58.6 Å². The molecule has 1 aliphatic heterocycles. The number of carbonyl (C=O) groups is 1. The first-order chi connectivity index (χ1) is 10.1. The molecule has 1 heterocycles. The quantitative estimate of drug-likeness (QED) is 0.831.